The van der Waals surface area contributed by atoms with Crippen LogP contribution in [-0.4, -0.2) is 41.0 Å². The topological polar surface area (TPSA) is 77.5 Å². The van der Waals surface area contributed by atoms with E-state index in [0.717, 1.165) is 23.4 Å². The quantitative estimate of drug-likeness (QED) is 0.752. The van der Waals surface area contributed by atoms with Crippen molar-refractivity contribution < 1.29 is 19.1 Å². The Morgan fingerprint density at radius 1 is 1.44 bits per heavy atom. The molecule has 1 saturated carbocycles. The summed E-state index contributed by atoms with van der Waals surface area (Å²) in [5, 5.41) is 4.44. The molecule has 0 aromatic carbocycles. The van der Waals surface area contributed by atoms with Crippen molar-refractivity contribution >= 4 is 35.4 Å². The summed E-state index contributed by atoms with van der Waals surface area (Å²) < 4.78 is 10.0. The molecule has 1 amide bonds. The average Bonchev–Trinajstić information content (AvgIpc) is 3.30. The van der Waals surface area contributed by atoms with Crippen LogP contribution in [0.5, 0.6) is 0 Å². The molecule has 1 heterocycles. The zero-order valence-electron chi connectivity index (χ0n) is 14.8. The van der Waals surface area contributed by atoms with Crippen LogP contribution in [0.25, 0.3) is 0 Å². The zero-order valence-corrected chi connectivity index (χ0v) is 16.4. The maximum atomic E-state index is 12.1. The number of thioether (sulfide) groups is 1. The molecule has 0 spiro atoms. The molecule has 0 bridgehead atoms. The van der Waals surface area contributed by atoms with Crippen molar-refractivity contribution in [2.24, 2.45) is 0 Å². The second kappa shape index (κ2) is 8.27. The summed E-state index contributed by atoms with van der Waals surface area (Å²) in [6, 6.07) is 0.894. The van der Waals surface area contributed by atoms with Gasteiger partial charge in [-0.3, -0.25) is 0 Å². The molecule has 6 nitrogen and oxygen atoms in total. The highest BCUT2D eigenvalue weighted by molar-refractivity contribution is 8.00. The van der Waals surface area contributed by atoms with Crippen LogP contribution in [0.3, 0.4) is 0 Å². The largest absolute Gasteiger partial charge is 0.467 e. The van der Waals surface area contributed by atoms with E-state index in [0.29, 0.717) is 10.3 Å². The molecule has 25 heavy (non-hydrogen) atoms. The number of rotatable bonds is 6. The van der Waals surface area contributed by atoms with Crippen molar-refractivity contribution in [1.82, 2.24) is 10.3 Å². The highest BCUT2D eigenvalue weighted by Gasteiger charge is 2.29. The SMILES string of the molecule is COC(=O)[C@H](Cc1cc(Cl)cnc1SC1CC1)NC(=O)OC(C)(C)C. The summed E-state index contributed by atoms with van der Waals surface area (Å²) in [4.78, 5) is 28.5. The van der Waals surface area contributed by atoms with Gasteiger partial charge in [-0.2, -0.15) is 0 Å². The Hall–Kier alpha value is -1.47. The van der Waals surface area contributed by atoms with Gasteiger partial charge in [0.1, 0.15) is 11.6 Å². The van der Waals surface area contributed by atoms with Crippen molar-refractivity contribution in [3.63, 3.8) is 0 Å². The van der Waals surface area contributed by atoms with E-state index in [4.69, 9.17) is 21.1 Å². The fourth-order valence-corrected chi connectivity index (χ4v) is 3.35. The second-order valence-corrected chi connectivity index (χ2v) is 8.59. The number of halogens is 1. The van der Waals surface area contributed by atoms with Crippen molar-refractivity contribution in [2.75, 3.05) is 7.11 Å². The molecule has 1 aromatic rings. The van der Waals surface area contributed by atoms with Gasteiger partial charge in [-0.15, -0.1) is 11.8 Å². The van der Waals surface area contributed by atoms with Crippen LogP contribution in [0, 0.1) is 0 Å². The summed E-state index contributed by atoms with van der Waals surface area (Å²) >= 11 is 7.73. The van der Waals surface area contributed by atoms with E-state index in [1.54, 1.807) is 44.8 Å². The van der Waals surface area contributed by atoms with E-state index < -0.39 is 23.7 Å². The first kappa shape index (κ1) is 19.8. The molecule has 2 rings (SSSR count). The van der Waals surface area contributed by atoms with Crippen molar-refractivity contribution in [3.8, 4) is 0 Å². The summed E-state index contributed by atoms with van der Waals surface area (Å²) in [6.07, 6.45) is 3.46. The van der Waals surface area contributed by atoms with Gasteiger partial charge in [0.2, 0.25) is 0 Å². The standard InChI is InChI=1S/C17H23ClN2O4S/c1-17(2,3)24-16(22)20-13(15(21)23-4)8-10-7-11(18)9-19-14(10)25-12-5-6-12/h7,9,12-13H,5-6,8H2,1-4H3,(H,20,22)/t13-/m0/s1. The first-order chi connectivity index (χ1) is 11.7. The maximum Gasteiger partial charge on any atom is 0.408 e. The van der Waals surface area contributed by atoms with E-state index in [1.807, 2.05) is 0 Å². The van der Waals surface area contributed by atoms with Gasteiger partial charge < -0.3 is 14.8 Å². The third kappa shape index (κ3) is 6.74. The molecular formula is C17H23ClN2O4S. The molecule has 0 saturated heterocycles. The third-order valence-corrected chi connectivity index (χ3v) is 4.90. The highest BCUT2D eigenvalue weighted by Crippen LogP contribution is 2.40. The van der Waals surface area contributed by atoms with Gasteiger partial charge in [-0.05, 0) is 45.2 Å². The van der Waals surface area contributed by atoms with Gasteiger partial charge in [-0.1, -0.05) is 11.6 Å². The van der Waals surface area contributed by atoms with Crippen LogP contribution in [0.2, 0.25) is 5.02 Å². The minimum atomic E-state index is -0.876. The van der Waals surface area contributed by atoms with Crippen LogP contribution in [-0.2, 0) is 20.7 Å². The average molecular weight is 387 g/mol. The van der Waals surface area contributed by atoms with E-state index in [-0.39, 0.29) is 6.42 Å². The number of aromatic nitrogens is 1. The smallest absolute Gasteiger partial charge is 0.408 e. The number of esters is 1. The Morgan fingerprint density at radius 3 is 2.68 bits per heavy atom. The van der Waals surface area contributed by atoms with Crippen LogP contribution in [0.1, 0.15) is 39.2 Å². The number of ether oxygens (including phenoxy) is 2. The molecule has 138 valence electrons. The van der Waals surface area contributed by atoms with Gasteiger partial charge in [0.05, 0.1) is 17.2 Å². The zero-order chi connectivity index (χ0) is 18.6. The van der Waals surface area contributed by atoms with Gasteiger partial charge in [0.25, 0.3) is 0 Å². The van der Waals surface area contributed by atoms with Crippen molar-refractivity contribution in [2.45, 2.75) is 62.0 Å². The number of carbonyl (C=O) groups excluding carboxylic acids is 2. The van der Waals surface area contributed by atoms with Gasteiger partial charge in [0, 0.05) is 17.9 Å². The molecule has 1 atom stereocenters. The van der Waals surface area contributed by atoms with Gasteiger partial charge >= 0.3 is 12.1 Å². The van der Waals surface area contributed by atoms with E-state index in [1.165, 1.54) is 7.11 Å². The lowest BCUT2D eigenvalue weighted by Crippen LogP contribution is -2.45. The predicted octanol–water partition coefficient (Wildman–Crippen LogP) is 3.60. The molecule has 1 N–H and O–H groups in total. The lowest BCUT2D eigenvalue weighted by atomic mass is 10.1. The van der Waals surface area contributed by atoms with E-state index in [9.17, 15) is 9.59 Å². The Bertz CT molecular complexity index is 644. The Kier molecular flexibility index (Phi) is 6.57. The van der Waals surface area contributed by atoms with Crippen LogP contribution >= 0.6 is 23.4 Å². The fourth-order valence-electron chi connectivity index (χ4n) is 2.07. The summed E-state index contributed by atoms with van der Waals surface area (Å²) in [5.74, 6) is -0.548. The molecule has 0 unspecified atom stereocenters. The number of hydrogen-bond donors (Lipinski definition) is 1. The lowest BCUT2D eigenvalue weighted by Gasteiger charge is -2.23. The number of alkyl carbamates (subject to hydrolysis) is 1. The van der Waals surface area contributed by atoms with Crippen LogP contribution in [0.4, 0.5) is 4.79 Å². The maximum absolute atomic E-state index is 12.1. The minimum absolute atomic E-state index is 0.231. The van der Waals surface area contributed by atoms with Gasteiger partial charge in [-0.25, -0.2) is 14.6 Å². The van der Waals surface area contributed by atoms with Gasteiger partial charge in [0.15, 0.2) is 0 Å². The third-order valence-electron chi connectivity index (χ3n) is 3.30. The number of methoxy groups -OCH3 is 1. The second-order valence-electron chi connectivity index (χ2n) is 6.86. The van der Waals surface area contributed by atoms with Crippen LogP contribution in [0.15, 0.2) is 17.3 Å². The van der Waals surface area contributed by atoms with Crippen LogP contribution < -0.4 is 5.32 Å². The first-order valence-electron chi connectivity index (χ1n) is 8.06. The van der Waals surface area contributed by atoms with Crippen molar-refractivity contribution in [3.05, 3.63) is 22.8 Å². The molecule has 1 fully saturated rings. The molecule has 1 aliphatic carbocycles. The Morgan fingerprint density at radius 2 is 2.12 bits per heavy atom. The summed E-state index contributed by atoms with van der Waals surface area (Å²) in [6.45, 7) is 5.26. The molecule has 0 aliphatic heterocycles. The Balaban J connectivity index is 2.14. The molecule has 8 heteroatoms. The normalized spacial score (nSPS) is 15.4. The Labute approximate surface area is 157 Å². The fraction of sp³-hybridized carbons (Fsp3) is 0.588. The molecular weight excluding hydrogens is 364 g/mol. The number of nitrogens with one attached hydrogen (secondary N) is 1. The number of amides is 1. The van der Waals surface area contributed by atoms with E-state index >= 15 is 0 Å². The minimum Gasteiger partial charge on any atom is -0.467 e. The number of nitrogens with zero attached hydrogens (tertiary/aromatic N) is 1. The number of hydrogen-bond acceptors (Lipinski definition) is 6. The first-order valence-corrected chi connectivity index (χ1v) is 9.32. The summed E-state index contributed by atoms with van der Waals surface area (Å²) in [7, 11) is 1.28. The molecule has 0 radical (unpaired) electrons. The lowest BCUT2D eigenvalue weighted by molar-refractivity contribution is -0.143. The number of pyridine rings is 1. The number of carbonyl (C=O) groups is 2. The molecule has 1 aromatic heterocycles. The highest BCUT2D eigenvalue weighted by atomic mass is 35.5. The van der Waals surface area contributed by atoms with E-state index in [2.05, 4.69) is 10.3 Å². The molecule has 1 aliphatic rings. The monoisotopic (exact) mass is 386 g/mol. The predicted molar refractivity (Wildman–Crippen MR) is 97.0 cm³/mol. The summed E-state index contributed by atoms with van der Waals surface area (Å²) in [5.41, 5.74) is 0.144. The van der Waals surface area contributed by atoms with Crippen molar-refractivity contribution in [1.29, 1.82) is 0 Å².